The molecule has 0 saturated carbocycles. The number of rotatable bonds is 6. The standard InChI is InChI=1S/C17H24N4OS/c1-3-21-16-8-4-7-15(14(16)11-19-21)20-12(2)17(22)18-10-13-6-5-9-23-13/h5-6,9,11-12,15,20H,3-4,7-8,10H2,1-2H3,(H,18,22)/t12-,15-/m0/s1. The second-order valence-corrected chi connectivity index (χ2v) is 7.02. The van der Waals surface area contributed by atoms with Gasteiger partial charge in [-0.25, -0.2) is 0 Å². The fourth-order valence-corrected chi connectivity index (χ4v) is 3.83. The van der Waals surface area contributed by atoms with E-state index in [1.165, 1.54) is 16.1 Å². The quantitative estimate of drug-likeness (QED) is 0.855. The van der Waals surface area contributed by atoms with E-state index in [4.69, 9.17) is 0 Å². The van der Waals surface area contributed by atoms with E-state index in [0.717, 1.165) is 25.8 Å². The maximum absolute atomic E-state index is 12.3. The first-order chi connectivity index (χ1) is 11.2. The highest BCUT2D eigenvalue weighted by molar-refractivity contribution is 7.09. The minimum absolute atomic E-state index is 0.0495. The third-order valence-corrected chi connectivity index (χ3v) is 5.30. The minimum atomic E-state index is -0.212. The molecule has 3 rings (SSSR count). The van der Waals surface area contributed by atoms with Gasteiger partial charge in [0, 0.05) is 28.7 Å². The molecule has 0 saturated heterocycles. The van der Waals surface area contributed by atoms with E-state index in [1.54, 1.807) is 11.3 Å². The van der Waals surface area contributed by atoms with Crippen LogP contribution < -0.4 is 10.6 Å². The van der Waals surface area contributed by atoms with Crippen molar-refractivity contribution in [3.8, 4) is 0 Å². The number of carbonyl (C=O) groups is 1. The zero-order valence-electron chi connectivity index (χ0n) is 13.7. The molecule has 2 aromatic rings. The number of nitrogens with zero attached hydrogens (tertiary/aromatic N) is 2. The van der Waals surface area contributed by atoms with E-state index < -0.39 is 0 Å². The van der Waals surface area contributed by atoms with Gasteiger partial charge in [0.15, 0.2) is 0 Å². The van der Waals surface area contributed by atoms with Crippen molar-refractivity contribution < 1.29 is 4.79 Å². The van der Waals surface area contributed by atoms with Crippen LogP contribution in [0, 0.1) is 0 Å². The van der Waals surface area contributed by atoms with Crippen molar-refractivity contribution in [3.63, 3.8) is 0 Å². The number of amides is 1. The summed E-state index contributed by atoms with van der Waals surface area (Å²) in [5.74, 6) is 0.0495. The average Bonchev–Trinajstić information content (AvgIpc) is 3.22. The van der Waals surface area contributed by atoms with Crippen LogP contribution in [0.5, 0.6) is 0 Å². The molecule has 1 aliphatic rings. The summed E-state index contributed by atoms with van der Waals surface area (Å²) in [7, 11) is 0. The van der Waals surface area contributed by atoms with Gasteiger partial charge in [0.2, 0.25) is 5.91 Å². The summed E-state index contributed by atoms with van der Waals surface area (Å²) >= 11 is 1.66. The topological polar surface area (TPSA) is 59.0 Å². The van der Waals surface area contributed by atoms with E-state index >= 15 is 0 Å². The number of fused-ring (bicyclic) bond motifs is 1. The number of nitrogens with one attached hydrogen (secondary N) is 2. The molecule has 2 N–H and O–H groups in total. The van der Waals surface area contributed by atoms with Gasteiger partial charge in [0.1, 0.15) is 0 Å². The molecule has 1 aliphatic carbocycles. The van der Waals surface area contributed by atoms with Crippen LogP contribution in [0.2, 0.25) is 0 Å². The summed E-state index contributed by atoms with van der Waals surface area (Å²) in [6, 6.07) is 4.05. The molecule has 0 aromatic carbocycles. The Kier molecular flexibility index (Phi) is 5.13. The van der Waals surface area contributed by atoms with E-state index in [0.29, 0.717) is 6.54 Å². The number of aromatic nitrogens is 2. The molecule has 6 heteroatoms. The Morgan fingerprint density at radius 2 is 2.43 bits per heavy atom. The van der Waals surface area contributed by atoms with Crippen molar-refractivity contribution in [2.24, 2.45) is 0 Å². The molecule has 0 bridgehead atoms. The molecule has 2 aromatic heterocycles. The van der Waals surface area contributed by atoms with Crippen LogP contribution >= 0.6 is 11.3 Å². The molecule has 0 spiro atoms. The van der Waals surface area contributed by atoms with Crippen LogP contribution in [0.15, 0.2) is 23.7 Å². The first-order valence-corrected chi connectivity index (χ1v) is 9.17. The van der Waals surface area contributed by atoms with Gasteiger partial charge in [0.05, 0.1) is 18.8 Å². The lowest BCUT2D eigenvalue weighted by Crippen LogP contribution is -2.44. The molecule has 0 fully saturated rings. The molecule has 5 nitrogen and oxygen atoms in total. The van der Waals surface area contributed by atoms with Gasteiger partial charge < -0.3 is 5.32 Å². The van der Waals surface area contributed by atoms with Crippen molar-refractivity contribution in [2.45, 2.75) is 58.3 Å². The Labute approximate surface area is 141 Å². The van der Waals surface area contributed by atoms with Gasteiger partial charge in [-0.15, -0.1) is 11.3 Å². The van der Waals surface area contributed by atoms with E-state index in [1.807, 2.05) is 30.6 Å². The summed E-state index contributed by atoms with van der Waals surface area (Å²) in [4.78, 5) is 13.5. The van der Waals surface area contributed by atoms with Crippen LogP contribution in [0.4, 0.5) is 0 Å². The Hall–Kier alpha value is -1.66. The lowest BCUT2D eigenvalue weighted by atomic mass is 9.92. The molecule has 2 atom stereocenters. The summed E-state index contributed by atoms with van der Waals surface area (Å²) in [6.45, 7) is 5.55. The summed E-state index contributed by atoms with van der Waals surface area (Å²) in [6.07, 6.45) is 5.25. The number of carbonyl (C=O) groups excluding carboxylic acids is 1. The smallest absolute Gasteiger partial charge is 0.237 e. The molecule has 2 heterocycles. The number of hydrogen-bond acceptors (Lipinski definition) is 4. The van der Waals surface area contributed by atoms with Gasteiger partial charge >= 0.3 is 0 Å². The van der Waals surface area contributed by atoms with E-state index in [2.05, 4.69) is 27.3 Å². The third kappa shape index (κ3) is 3.64. The number of aryl methyl sites for hydroxylation is 1. The van der Waals surface area contributed by atoms with Crippen molar-refractivity contribution in [2.75, 3.05) is 0 Å². The third-order valence-electron chi connectivity index (χ3n) is 4.42. The maximum Gasteiger partial charge on any atom is 0.237 e. The van der Waals surface area contributed by atoms with E-state index in [9.17, 15) is 4.79 Å². The van der Waals surface area contributed by atoms with Crippen LogP contribution in [0.25, 0.3) is 0 Å². The fraction of sp³-hybridized carbons (Fsp3) is 0.529. The van der Waals surface area contributed by atoms with Crippen LogP contribution in [-0.4, -0.2) is 21.7 Å². The Morgan fingerprint density at radius 1 is 1.57 bits per heavy atom. The van der Waals surface area contributed by atoms with Crippen LogP contribution in [0.3, 0.4) is 0 Å². The largest absolute Gasteiger partial charge is 0.350 e. The van der Waals surface area contributed by atoms with Crippen molar-refractivity contribution in [1.29, 1.82) is 0 Å². The maximum atomic E-state index is 12.3. The monoisotopic (exact) mass is 332 g/mol. The van der Waals surface area contributed by atoms with Gasteiger partial charge in [0.25, 0.3) is 0 Å². The predicted octanol–water partition coefficient (Wildman–Crippen LogP) is 2.64. The summed E-state index contributed by atoms with van der Waals surface area (Å²) < 4.78 is 2.07. The number of thiophene rings is 1. The first kappa shape index (κ1) is 16.2. The van der Waals surface area contributed by atoms with Crippen LogP contribution in [0.1, 0.15) is 48.9 Å². The second-order valence-electron chi connectivity index (χ2n) is 5.99. The van der Waals surface area contributed by atoms with Gasteiger partial charge in [-0.2, -0.15) is 5.10 Å². The predicted molar refractivity (Wildman–Crippen MR) is 92.3 cm³/mol. The van der Waals surface area contributed by atoms with Gasteiger partial charge in [-0.3, -0.25) is 14.8 Å². The highest BCUT2D eigenvalue weighted by Crippen LogP contribution is 2.29. The summed E-state index contributed by atoms with van der Waals surface area (Å²) in [5.41, 5.74) is 2.58. The van der Waals surface area contributed by atoms with Crippen molar-refractivity contribution in [1.82, 2.24) is 20.4 Å². The molecule has 0 unspecified atom stereocenters. The molecule has 124 valence electrons. The second kappa shape index (κ2) is 7.27. The number of hydrogen-bond donors (Lipinski definition) is 2. The zero-order chi connectivity index (χ0) is 16.2. The first-order valence-electron chi connectivity index (χ1n) is 8.29. The SMILES string of the molecule is CCn1ncc2c1CCC[C@@H]2N[C@@H](C)C(=O)NCc1cccs1. The molecule has 23 heavy (non-hydrogen) atoms. The van der Waals surface area contributed by atoms with Crippen LogP contribution in [-0.2, 0) is 24.3 Å². The highest BCUT2D eigenvalue weighted by atomic mass is 32.1. The van der Waals surface area contributed by atoms with Gasteiger partial charge in [-0.1, -0.05) is 6.07 Å². The lowest BCUT2D eigenvalue weighted by molar-refractivity contribution is -0.123. The van der Waals surface area contributed by atoms with E-state index in [-0.39, 0.29) is 18.0 Å². The minimum Gasteiger partial charge on any atom is -0.350 e. The lowest BCUT2D eigenvalue weighted by Gasteiger charge is -2.27. The van der Waals surface area contributed by atoms with Crippen molar-refractivity contribution in [3.05, 3.63) is 39.8 Å². The van der Waals surface area contributed by atoms with Crippen molar-refractivity contribution >= 4 is 17.2 Å². The molecule has 0 radical (unpaired) electrons. The normalized spacial score (nSPS) is 18.4. The zero-order valence-corrected chi connectivity index (χ0v) is 14.5. The van der Waals surface area contributed by atoms with Gasteiger partial charge in [-0.05, 0) is 44.6 Å². The molecular weight excluding hydrogens is 308 g/mol. The molecule has 1 amide bonds. The molecular formula is C17H24N4OS. The summed E-state index contributed by atoms with van der Waals surface area (Å²) in [5, 5.41) is 13.0. The fourth-order valence-electron chi connectivity index (χ4n) is 3.18. The Morgan fingerprint density at radius 3 is 3.17 bits per heavy atom. The molecule has 0 aliphatic heterocycles. The highest BCUT2D eigenvalue weighted by Gasteiger charge is 2.26. The Balaban J connectivity index is 1.59. The average molecular weight is 332 g/mol. The Bertz CT molecular complexity index is 650.